The summed E-state index contributed by atoms with van der Waals surface area (Å²) in [7, 11) is 0. The molecular weight excluding hydrogens is 379 g/mol. The van der Waals surface area contributed by atoms with E-state index in [1.165, 1.54) is 12.1 Å². The van der Waals surface area contributed by atoms with Crippen molar-refractivity contribution in [3.63, 3.8) is 0 Å². The Labute approximate surface area is 167 Å². The summed E-state index contributed by atoms with van der Waals surface area (Å²) < 4.78 is 14.8. The Balaban J connectivity index is 1.50. The van der Waals surface area contributed by atoms with Crippen LogP contribution in [0.4, 0.5) is 10.1 Å². The lowest BCUT2D eigenvalue weighted by atomic mass is 10.2. The normalized spacial score (nSPS) is 14.4. The highest BCUT2D eigenvalue weighted by atomic mass is 35.5. The van der Waals surface area contributed by atoms with Crippen LogP contribution in [0.15, 0.2) is 54.6 Å². The van der Waals surface area contributed by atoms with Gasteiger partial charge in [-0.2, -0.15) is 5.10 Å². The summed E-state index contributed by atoms with van der Waals surface area (Å²) in [5.74, 6) is -0.389. The van der Waals surface area contributed by atoms with Crippen LogP contribution >= 0.6 is 11.6 Å². The van der Waals surface area contributed by atoms with E-state index in [9.17, 15) is 9.18 Å². The van der Waals surface area contributed by atoms with Gasteiger partial charge < -0.3 is 9.80 Å². The molecule has 1 amide bonds. The van der Waals surface area contributed by atoms with Gasteiger partial charge in [0.1, 0.15) is 11.5 Å². The van der Waals surface area contributed by atoms with Crippen LogP contribution in [0.1, 0.15) is 16.2 Å². The molecule has 0 spiro atoms. The van der Waals surface area contributed by atoms with Crippen molar-refractivity contribution in [2.75, 3.05) is 31.1 Å². The van der Waals surface area contributed by atoms with Gasteiger partial charge in [0.15, 0.2) is 0 Å². The molecule has 0 N–H and O–H groups in total. The first-order valence-electron chi connectivity index (χ1n) is 9.14. The third-order valence-corrected chi connectivity index (χ3v) is 5.13. The van der Waals surface area contributed by atoms with Gasteiger partial charge in [0.2, 0.25) is 0 Å². The third kappa shape index (κ3) is 3.73. The number of carbonyl (C=O) groups excluding carboxylic acids is 1. The first-order chi connectivity index (χ1) is 13.5. The standard InChI is InChI=1S/C21H20ClFN4O/c1-15-14-20(27(24-15)19-8-4-17(23)5-9-19)21(28)26-12-10-25(11-13-26)18-6-2-16(22)3-7-18/h2-9,14H,10-13H2,1H3. The molecule has 4 rings (SSSR count). The molecule has 0 saturated carbocycles. The molecule has 28 heavy (non-hydrogen) atoms. The van der Waals surface area contributed by atoms with Crippen LogP contribution in [0.3, 0.4) is 0 Å². The molecule has 1 aliphatic heterocycles. The third-order valence-electron chi connectivity index (χ3n) is 4.88. The van der Waals surface area contributed by atoms with Crippen molar-refractivity contribution in [2.24, 2.45) is 0 Å². The number of halogens is 2. The lowest BCUT2D eigenvalue weighted by Crippen LogP contribution is -2.49. The average Bonchev–Trinajstić information content (AvgIpc) is 3.10. The molecule has 7 heteroatoms. The van der Waals surface area contributed by atoms with Crippen LogP contribution in [0.2, 0.25) is 5.02 Å². The van der Waals surface area contributed by atoms with E-state index in [0.29, 0.717) is 29.5 Å². The molecule has 1 saturated heterocycles. The van der Waals surface area contributed by atoms with Gasteiger partial charge in [-0.1, -0.05) is 11.6 Å². The molecule has 1 aromatic heterocycles. The number of aromatic nitrogens is 2. The van der Waals surface area contributed by atoms with Gasteiger partial charge in [-0.3, -0.25) is 4.79 Å². The minimum Gasteiger partial charge on any atom is -0.368 e. The number of rotatable bonds is 3. The molecule has 5 nitrogen and oxygen atoms in total. The molecule has 0 unspecified atom stereocenters. The summed E-state index contributed by atoms with van der Waals surface area (Å²) in [6, 6.07) is 15.5. The lowest BCUT2D eigenvalue weighted by Gasteiger charge is -2.36. The van der Waals surface area contributed by atoms with Gasteiger partial charge in [0.25, 0.3) is 5.91 Å². The predicted octanol–water partition coefficient (Wildman–Crippen LogP) is 3.94. The molecule has 1 fully saturated rings. The summed E-state index contributed by atoms with van der Waals surface area (Å²) in [5, 5.41) is 5.13. The van der Waals surface area contributed by atoms with Crippen molar-refractivity contribution in [1.82, 2.24) is 14.7 Å². The predicted molar refractivity (Wildman–Crippen MR) is 108 cm³/mol. The highest BCUT2D eigenvalue weighted by molar-refractivity contribution is 6.30. The molecule has 0 radical (unpaired) electrons. The number of anilines is 1. The number of aryl methyl sites for hydroxylation is 1. The zero-order valence-electron chi connectivity index (χ0n) is 15.5. The molecule has 3 aromatic rings. The van der Waals surface area contributed by atoms with Gasteiger partial charge in [0, 0.05) is 36.9 Å². The van der Waals surface area contributed by atoms with E-state index in [0.717, 1.165) is 24.5 Å². The summed E-state index contributed by atoms with van der Waals surface area (Å²) >= 11 is 5.96. The van der Waals surface area contributed by atoms with Crippen molar-refractivity contribution >= 4 is 23.2 Å². The molecule has 1 aliphatic rings. The van der Waals surface area contributed by atoms with E-state index in [1.807, 2.05) is 36.1 Å². The highest BCUT2D eigenvalue weighted by Crippen LogP contribution is 2.21. The highest BCUT2D eigenvalue weighted by Gasteiger charge is 2.25. The largest absolute Gasteiger partial charge is 0.368 e. The van der Waals surface area contributed by atoms with E-state index in [-0.39, 0.29) is 11.7 Å². The minimum atomic E-state index is -0.321. The smallest absolute Gasteiger partial charge is 0.272 e. The van der Waals surface area contributed by atoms with Crippen LogP contribution in [-0.4, -0.2) is 46.8 Å². The SMILES string of the molecule is Cc1cc(C(=O)N2CCN(c3ccc(Cl)cc3)CC2)n(-c2ccc(F)cc2)n1. The van der Waals surface area contributed by atoms with Gasteiger partial charge >= 0.3 is 0 Å². The van der Waals surface area contributed by atoms with Crippen LogP contribution in [0.25, 0.3) is 5.69 Å². The first kappa shape index (κ1) is 18.5. The number of amides is 1. The fourth-order valence-electron chi connectivity index (χ4n) is 3.41. The van der Waals surface area contributed by atoms with E-state index in [2.05, 4.69) is 10.00 Å². The maximum Gasteiger partial charge on any atom is 0.272 e. The topological polar surface area (TPSA) is 41.4 Å². The number of piperazine rings is 1. The fraction of sp³-hybridized carbons (Fsp3) is 0.238. The zero-order chi connectivity index (χ0) is 19.7. The summed E-state index contributed by atoms with van der Waals surface area (Å²) in [6.07, 6.45) is 0. The average molecular weight is 399 g/mol. The summed E-state index contributed by atoms with van der Waals surface area (Å²) in [5.41, 5.74) is 3.00. The maximum atomic E-state index is 13.2. The first-order valence-corrected chi connectivity index (χ1v) is 9.51. The second-order valence-electron chi connectivity index (χ2n) is 6.81. The van der Waals surface area contributed by atoms with Crippen molar-refractivity contribution in [3.8, 4) is 5.69 Å². The molecule has 2 heterocycles. The summed E-state index contributed by atoms with van der Waals surface area (Å²) in [4.78, 5) is 17.2. The molecule has 2 aromatic carbocycles. The minimum absolute atomic E-state index is 0.0688. The fourth-order valence-corrected chi connectivity index (χ4v) is 3.54. The van der Waals surface area contributed by atoms with Crippen molar-refractivity contribution in [1.29, 1.82) is 0 Å². The number of carbonyl (C=O) groups is 1. The number of nitrogens with zero attached hydrogens (tertiary/aromatic N) is 4. The molecule has 0 atom stereocenters. The Morgan fingerprint density at radius 1 is 0.964 bits per heavy atom. The van der Waals surface area contributed by atoms with Crippen LogP contribution < -0.4 is 4.90 Å². The quantitative estimate of drug-likeness (QED) is 0.671. The van der Waals surface area contributed by atoms with E-state index in [1.54, 1.807) is 22.9 Å². The van der Waals surface area contributed by atoms with E-state index < -0.39 is 0 Å². The lowest BCUT2D eigenvalue weighted by molar-refractivity contribution is 0.0737. The monoisotopic (exact) mass is 398 g/mol. The van der Waals surface area contributed by atoms with E-state index in [4.69, 9.17) is 11.6 Å². The molecule has 144 valence electrons. The number of hydrogen-bond donors (Lipinski definition) is 0. The van der Waals surface area contributed by atoms with Gasteiger partial charge in [0.05, 0.1) is 11.4 Å². The Morgan fingerprint density at radius 2 is 1.57 bits per heavy atom. The van der Waals surface area contributed by atoms with Crippen molar-refractivity contribution in [3.05, 3.63) is 76.8 Å². The second-order valence-corrected chi connectivity index (χ2v) is 7.25. The maximum absolute atomic E-state index is 13.2. The number of hydrogen-bond acceptors (Lipinski definition) is 3. The molecule has 0 bridgehead atoms. The Hall–Kier alpha value is -2.86. The Bertz CT molecular complexity index is 977. The Kier molecular flexibility index (Phi) is 5.05. The summed E-state index contributed by atoms with van der Waals surface area (Å²) in [6.45, 7) is 4.58. The van der Waals surface area contributed by atoms with Crippen molar-refractivity contribution < 1.29 is 9.18 Å². The zero-order valence-corrected chi connectivity index (χ0v) is 16.2. The van der Waals surface area contributed by atoms with Crippen LogP contribution in [-0.2, 0) is 0 Å². The van der Waals surface area contributed by atoms with Crippen LogP contribution in [0, 0.1) is 12.7 Å². The van der Waals surface area contributed by atoms with Crippen LogP contribution in [0.5, 0.6) is 0 Å². The van der Waals surface area contributed by atoms with Gasteiger partial charge in [-0.15, -0.1) is 0 Å². The molecule has 0 aliphatic carbocycles. The van der Waals surface area contributed by atoms with Gasteiger partial charge in [-0.25, -0.2) is 9.07 Å². The van der Waals surface area contributed by atoms with Gasteiger partial charge in [-0.05, 0) is 61.5 Å². The number of benzene rings is 2. The Morgan fingerprint density at radius 3 is 2.21 bits per heavy atom. The van der Waals surface area contributed by atoms with E-state index >= 15 is 0 Å². The van der Waals surface area contributed by atoms with Crippen molar-refractivity contribution in [2.45, 2.75) is 6.92 Å². The molecular formula is C21H20ClFN4O. The second kappa shape index (κ2) is 7.64.